The number of halogens is 1. The van der Waals surface area contributed by atoms with Crippen molar-refractivity contribution in [3.63, 3.8) is 0 Å². The van der Waals surface area contributed by atoms with Crippen LogP contribution in [-0.4, -0.2) is 23.6 Å². The van der Waals surface area contributed by atoms with Crippen molar-refractivity contribution in [1.29, 1.82) is 0 Å². The van der Waals surface area contributed by atoms with Gasteiger partial charge in [-0.25, -0.2) is 0 Å². The third-order valence-electron chi connectivity index (χ3n) is 4.51. The topological polar surface area (TPSA) is 42.2 Å². The van der Waals surface area contributed by atoms with Crippen molar-refractivity contribution in [1.82, 2.24) is 4.98 Å². The van der Waals surface area contributed by atoms with Crippen LogP contribution in [0.25, 0.3) is 10.9 Å². The Kier molecular flexibility index (Phi) is 4.32. The van der Waals surface area contributed by atoms with E-state index < -0.39 is 0 Å². The summed E-state index contributed by atoms with van der Waals surface area (Å²) in [7, 11) is 0. The monoisotopic (exact) mass is 303 g/mol. The molecule has 0 aliphatic heterocycles. The van der Waals surface area contributed by atoms with E-state index in [0.717, 1.165) is 29.9 Å². The van der Waals surface area contributed by atoms with Gasteiger partial charge in [-0.15, -0.1) is 0 Å². The van der Waals surface area contributed by atoms with Crippen LogP contribution >= 0.6 is 11.6 Å². The molecule has 1 aliphatic carbocycles. The van der Waals surface area contributed by atoms with Crippen molar-refractivity contribution in [2.45, 2.75) is 44.7 Å². The van der Waals surface area contributed by atoms with Gasteiger partial charge in [0.2, 0.25) is 0 Å². The highest BCUT2D eigenvalue weighted by Gasteiger charge is 2.24. The quantitative estimate of drug-likeness (QED) is 0.932. The second-order valence-electron chi connectivity index (χ2n) is 5.85. The molecule has 3 nitrogen and oxygen atoms in total. The third-order valence-corrected chi connectivity index (χ3v) is 4.75. The molecule has 0 radical (unpaired) electrons. The lowest BCUT2D eigenvalue weighted by atomic mass is 9.90. The van der Waals surface area contributed by atoms with E-state index in [1.54, 1.807) is 0 Å². The van der Waals surface area contributed by atoms with E-state index in [9.17, 15) is 0 Å². The average molecular weight is 304 g/mol. The van der Waals surface area contributed by atoms with E-state index in [-0.39, 0.29) is 0 Å². The summed E-state index contributed by atoms with van der Waals surface area (Å²) in [5, 5.41) is 1.91. The molecule has 1 saturated carbocycles. The van der Waals surface area contributed by atoms with Crippen molar-refractivity contribution >= 4 is 28.2 Å². The van der Waals surface area contributed by atoms with Crippen LogP contribution in [0, 0.1) is 0 Å². The number of nitrogens with two attached hydrogens (primary N) is 1. The smallest absolute Gasteiger partial charge is 0.0737 e. The van der Waals surface area contributed by atoms with Gasteiger partial charge in [-0.1, -0.05) is 11.6 Å². The fourth-order valence-electron chi connectivity index (χ4n) is 3.40. The van der Waals surface area contributed by atoms with Crippen molar-refractivity contribution in [2.24, 2.45) is 5.73 Å². The Bertz CT molecular complexity index is 620. The van der Waals surface area contributed by atoms with Gasteiger partial charge in [-0.3, -0.25) is 4.98 Å². The second kappa shape index (κ2) is 6.20. The second-order valence-corrected chi connectivity index (χ2v) is 6.28. The van der Waals surface area contributed by atoms with E-state index in [2.05, 4.69) is 28.9 Å². The fourth-order valence-corrected chi connectivity index (χ4v) is 3.56. The van der Waals surface area contributed by atoms with E-state index in [4.69, 9.17) is 17.3 Å². The molecule has 1 fully saturated rings. The van der Waals surface area contributed by atoms with Gasteiger partial charge in [0, 0.05) is 40.9 Å². The van der Waals surface area contributed by atoms with Gasteiger partial charge < -0.3 is 10.6 Å². The average Bonchev–Trinajstić information content (AvgIpc) is 2.49. The van der Waals surface area contributed by atoms with E-state index >= 15 is 0 Å². The summed E-state index contributed by atoms with van der Waals surface area (Å²) in [5.74, 6) is 0. The number of anilines is 1. The van der Waals surface area contributed by atoms with Gasteiger partial charge in [-0.2, -0.15) is 0 Å². The lowest BCUT2D eigenvalue weighted by Gasteiger charge is -2.37. The first-order valence-electron chi connectivity index (χ1n) is 7.75. The Hall–Kier alpha value is -1.32. The van der Waals surface area contributed by atoms with E-state index in [1.807, 2.05) is 18.3 Å². The maximum absolute atomic E-state index is 6.08. The molecule has 0 spiro atoms. The SMILES string of the molecule is CCN(c1ccnc2cc(Cl)ccc12)C1CCC(N)CC1. The minimum atomic E-state index is 0.382. The maximum Gasteiger partial charge on any atom is 0.0737 e. The molecule has 112 valence electrons. The molecule has 2 aromatic rings. The van der Waals surface area contributed by atoms with Crippen LogP contribution < -0.4 is 10.6 Å². The molecule has 0 atom stereocenters. The van der Waals surface area contributed by atoms with E-state index in [0.29, 0.717) is 12.1 Å². The zero-order chi connectivity index (χ0) is 14.8. The van der Waals surface area contributed by atoms with Gasteiger partial charge >= 0.3 is 0 Å². The predicted molar refractivity (Wildman–Crippen MR) is 90.0 cm³/mol. The Morgan fingerprint density at radius 3 is 2.71 bits per heavy atom. The first kappa shape index (κ1) is 14.6. The Balaban J connectivity index is 1.97. The Labute approximate surface area is 131 Å². The Morgan fingerprint density at radius 2 is 2.00 bits per heavy atom. The number of hydrogen-bond acceptors (Lipinski definition) is 3. The summed E-state index contributed by atoms with van der Waals surface area (Å²) < 4.78 is 0. The molecule has 1 aromatic heterocycles. The molecule has 3 rings (SSSR count). The first-order chi connectivity index (χ1) is 10.2. The summed E-state index contributed by atoms with van der Waals surface area (Å²) in [4.78, 5) is 6.95. The number of nitrogens with zero attached hydrogens (tertiary/aromatic N) is 2. The van der Waals surface area contributed by atoms with Crippen LogP contribution in [0.4, 0.5) is 5.69 Å². The lowest BCUT2D eigenvalue weighted by Crippen LogP contribution is -2.41. The molecule has 1 heterocycles. The molecule has 0 bridgehead atoms. The summed E-state index contributed by atoms with van der Waals surface area (Å²) in [6, 6.07) is 9.04. The number of aromatic nitrogens is 1. The van der Waals surface area contributed by atoms with Crippen molar-refractivity contribution in [3.05, 3.63) is 35.5 Å². The highest BCUT2D eigenvalue weighted by molar-refractivity contribution is 6.31. The number of pyridine rings is 1. The molecule has 1 aliphatic rings. The molecular formula is C17H22ClN3. The minimum absolute atomic E-state index is 0.382. The van der Waals surface area contributed by atoms with Gasteiger partial charge in [0.1, 0.15) is 0 Å². The van der Waals surface area contributed by atoms with E-state index in [1.165, 1.54) is 23.9 Å². The first-order valence-corrected chi connectivity index (χ1v) is 8.13. The van der Waals surface area contributed by atoms with Gasteiger partial charge in [0.15, 0.2) is 0 Å². The normalized spacial score (nSPS) is 22.4. The van der Waals surface area contributed by atoms with Crippen LogP contribution in [0.3, 0.4) is 0 Å². The Morgan fingerprint density at radius 1 is 1.24 bits per heavy atom. The van der Waals surface area contributed by atoms with Gasteiger partial charge in [0.05, 0.1) is 5.52 Å². The largest absolute Gasteiger partial charge is 0.368 e. The molecule has 0 unspecified atom stereocenters. The van der Waals surface area contributed by atoms with Crippen molar-refractivity contribution < 1.29 is 0 Å². The number of fused-ring (bicyclic) bond motifs is 1. The molecule has 0 amide bonds. The van der Waals surface area contributed by atoms with Crippen LogP contribution in [0.15, 0.2) is 30.5 Å². The lowest BCUT2D eigenvalue weighted by molar-refractivity contribution is 0.378. The molecule has 4 heteroatoms. The zero-order valence-corrected chi connectivity index (χ0v) is 13.2. The number of hydrogen-bond donors (Lipinski definition) is 1. The van der Waals surface area contributed by atoms with Gasteiger partial charge in [-0.05, 0) is 56.9 Å². The van der Waals surface area contributed by atoms with Gasteiger partial charge in [0.25, 0.3) is 0 Å². The molecule has 1 aromatic carbocycles. The summed E-state index contributed by atoms with van der Waals surface area (Å²) >= 11 is 6.08. The zero-order valence-electron chi connectivity index (χ0n) is 12.4. The number of benzene rings is 1. The molecular weight excluding hydrogens is 282 g/mol. The standard InChI is InChI=1S/C17H22ClN3/c1-2-21(14-6-4-13(19)5-7-14)17-9-10-20-16-11-12(18)3-8-15(16)17/h3,8-11,13-14H,2,4-7,19H2,1H3. The van der Waals surface area contributed by atoms with Crippen molar-refractivity contribution in [3.8, 4) is 0 Å². The van der Waals surface area contributed by atoms with Crippen molar-refractivity contribution in [2.75, 3.05) is 11.4 Å². The fraction of sp³-hybridized carbons (Fsp3) is 0.471. The summed E-state index contributed by atoms with van der Waals surface area (Å²) in [5.41, 5.74) is 8.27. The molecule has 21 heavy (non-hydrogen) atoms. The summed E-state index contributed by atoms with van der Waals surface area (Å²) in [6.07, 6.45) is 6.47. The van der Waals surface area contributed by atoms with Crippen LogP contribution in [0.1, 0.15) is 32.6 Å². The van der Waals surface area contributed by atoms with Crippen LogP contribution in [0.2, 0.25) is 5.02 Å². The molecule has 2 N–H and O–H groups in total. The van der Waals surface area contributed by atoms with Crippen LogP contribution in [-0.2, 0) is 0 Å². The summed E-state index contributed by atoms with van der Waals surface area (Å²) in [6.45, 7) is 3.22. The molecule has 0 saturated heterocycles. The maximum atomic E-state index is 6.08. The number of rotatable bonds is 3. The third kappa shape index (κ3) is 2.99. The van der Waals surface area contributed by atoms with Crippen LogP contribution in [0.5, 0.6) is 0 Å². The highest BCUT2D eigenvalue weighted by Crippen LogP contribution is 2.32. The minimum Gasteiger partial charge on any atom is -0.368 e. The predicted octanol–water partition coefficient (Wildman–Crippen LogP) is 3.98. The highest BCUT2D eigenvalue weighted by atomic mass is 35.5.